The molecule has 0 aliphatic heterocycles. The predicted octanol–water partition coefficient (Wildman–Crippen LogP) is 4.43. The van der Waals surface area contributed by atoms with E-state index in [1.807, 2.05) is 0 Å². The van der Waals surface area contributed by atoms with Crippen molar-refractivity contribution in [2.24, 2.45) is 17.8 Å². The minimum absolute atomic E-state index is 0. The predicted molar refractivity (Wildman–Crippen MR) is 66.0 cm³/mol. The standard InChI is InChI=1S/C12H27P.Ag/c1-10(2)7-13(8-11(3)4)9-12(5)6;/h10-12H,7-9H2,1-6H3;. The molecule has 14 heavy (non-hydrogen) atoms. The Morgan fingerprint density at radius 1 is 0.643 bits per heavy atom. The van der Waals surface area contributed by atoms with Crippen LogP contribution in [0.4, 0.5) is 0 Å². The summed E-state index contributed by atoms with van der Waals surface area (Å²) >= 11 is 0. The molecule has 1 radical (unpaired) electrons. The van der Waals surface area contributed by atoms with Crippen LogP contribution in [0.3, 0.4) is 0 Å². The molecule has 91 valence electrons. The van der Waals surface area contributed by atoms with E-state index in [0.29, 0.717) is 7.92 Å². The topological polar surface area (TPSA) is 0 Å². The first-order valence-electron chi connectivity index (χ1n) is 5.64. The molecule has 0 spiro atoms. The van der Waals surface area contributed by atoms with Crippen LogP contribution in [0.5, 0.6) is 0 Å². The zero-order valence-electron chi connectivity index (χ0n) is 10.6. The Hall–Kier alpha value is 1.17. The van der Waals surface area contributed by atoms with Gasteiger partial charge in [-0.15, -0.1) is 7.92 Å². The summed E-state index contributed by atoms with van der Waals surface area (Å²) in [4.78, 5) is 0. The molecule has 0 N–H and O–H groups in total. The smallest absolute Gasteiger partial charge is 0 e. The van der Waals surface area contributed by atoms with Gasteiger partial charge in [-0.25, -0.2) is 0 Å². The zero-order valence-corrected chi connectivity index (χ0v) is 13.0. The molecule has 0 unspecified atom stereocenters. The summed E-state index contributed by atoms with van der Waals surface area (Å²) in [6.45, 7) is 14.1. The number of rotatable bonds is 6. The van der Waals surface area contributed by atoms with Crippen LogP contribution in [0.1, 0.15) is 41.5 Å². The third-order valence-electron chi connectivity index (χ3n) is 1.87. The summed E-state index contributed by atoms with van der Waals surface area (Å²) < 4.78 is 0. The fraction of sp³-hybridized carbons (Fsp3) is 1.00. The Kier molecular flexibility index (Phi) is 11.8. The third kappa shape index (κ3) is 11.2. The van der Waals surface area contributed by atoms with E-state index >= 15 is 0 Å². The van der Waals surface area contributed by atoms with E-state index in [9.17, 15) is 0 Å². The molecule has 0 aliphatic rings. The van der Waals surface area contributed by atoms with Crippen LogP contribution in [0.25, 0.3) is 0 Å². The van der Waals surface area contributed by atoms with Crippen LogP contribution in [0.2, 0.25) is 0 Å². The van der Waals surface area contributed by atoms with Crippen molar-refractivity contribution in [2.75, 3.05) is 18.5 Å². The minimum Gasteiger partial charge on any atom is -0.106 e. The molecular weight excluding hydrogens is 283 g/mol. The first kappa shape index (κ1) is 17.6. The number of hydrogen-bond donors (Lipinski definition) is 0. The Bertz CT molecular complexity index is 97.7. The van der Waals surface area contributed by atoms with Crippen molar-refractivity contribution in [3.63, 3.8) is 0 Å². The molecule has 0 nitrogen and oxygen atoms in total. The van der Waals surface area contributed by atoms with Gasteiger partial charge in [0.15, 0.2) is 0 Å². The zero-order chi connectivity index (χ0) is 10.4. The van der Waals surface area contributed by atoms with Gasteiger partial charge < -0.3 is 0 Å². The molecule has 0 atom stereocenters. The SMILES string of the molecule is CC(C)CP(CC(C)C)CC(C)C.[Ag]. The molecule has 0 saturated heterocycles. The van der Waals surface area contributed by atoms with Crippen molar-refractivity contribution >= 4 is 7.92 Å². The monoisotopic (exact) mass is 309 g/mol. The summed E-state index contributed by atoms with van der Waals surface area (Å²) in [7, 11) is 0.321. The Morgan fingerprint density at radius 3 is 1.00 bits per heavy atom. The fourth-order valence-electron chi connectivity index (χ4n) is 1.77. The average molecular weight is 310 g/mol. The Labute approximate surface area is 108 Å². The molecule has 2 heteroatoms. The van der Waals surface area contributed by atoms with E-state index in [1.165, 1.54) is 18.5 Å². The van der Waals surface area contributed by atoms with Crippen molar-refractivity contribution in [3.05, 3.63) is 0 Å². The van der Waals surface area contributed by atoms with Crippen molar-refractivity contribution in [3.8, 4) is 0 Å². The van der Waals surface area contributed by atoms with E-state index in [4.69, 9.17) is 0 Å². The summed E-state index contributed by atoms with van der Waals surface area (Å²) in [5.41, 5.74) is 0. The Morgan fingerprint density at radius 2 is 0.857 bits per heavy atom. The molecule has 0 aromatic carbocycles. The molecule has 0 fully saturated rings. The fourth-order valence-corrected chi connectivity index (χ4v) is 5.32. The Balaban J connectivity index is 0. The van der Waals surface area contributed by atoms with Crippen LogP contribution in [-0.2, 0) is 22.4 Å². The van der Waals surface area contributed by atoms with E-state index in [-0.39, 0.29) is 22.4 Å². The van der Waals surface area contributed by atoms with Gasteiger partial charge in [-0.05, 0) is 36.2 Å². The summed E-state index contributed by atoms with van der Waals surface area (Å²) in [5, 5.41) is 0. The van der Waals surface area contributed by atoms with E-state index < -0.39 is 0 Å². The molecular formula is C12H27AgP. The first-order valence-corrected chi connectivity index (χ1v) is 7.53. The molecule has 0 aromatic rings. The second kappa shape index (κ2) is 9.40. The van der Waals surface area contributed by atoms with Crippen molar-refractivity contribution < 1.29 is 22.4 Å². The van der Waals surface area contributed by atoms with Gasteiger partial charge >= 0.3 is 0 Å². The molecule has 0 heterocycles. The maximum Gasteiger partial charge on any atom is 0 e. The second-order valence-corrected chi connectivity index (χ2v) is 7.84. The van der Waals surface area contributed by atoms with Gasteiger partial charge in [0, 0.05) is 22.4 Å². The molecule has 0 bridgehead atoms. The number of hydrogen-bond acceptors (Lipinski definition) is 0. The normalized spacial score (nSPS) is 11.6. The maximum atomic E-state index is 2.36. The molecule has 0 saturated carbocycles. The van der Waals surface area contributed by atoms with E-state index in [2.05, 4.69) is 41.5 Å². The largest absolute Gasteiger partial charge is 0.106 e. The van der Waals surface area contributed by atoms with Gasteiger partial charge in [0.2, 0.25) is 0 Å². The summed E-state index contributed by atoms with van der Waals surface area (Å²) in [5.74, 6) is 2.68. The van der Waals surface area contributed by atoms with Gasteiger partial charge in [-0.1, -0.05) is 41.5 Å². The average Bonchev–Trinajstić information content (AvgIpc) is 1.80. The molecule has 0 aliphatic carbocycles. The van der Waals surface area contributed by atoms with E-state index in [0.717, 1.165) is 17.8 Å². The first-order chi connectivity index (χ1) is 5.91. The molecule has 0 rings (SSSR count). The van der Waals surface area contributed by atoms with Crippen molar-refractivity contribution in [1.82, 2.24) is 0 Å². The second-order valence-electron chi connectivity index (χ2n) is 5.40. The van der Waals surface area contributed by atoms with E-state index in [1.54, 1.807) is 0 Å². The molecule has 0 aromatic heterocycles. The van der Waals surface area contributed by atoms with Crippen LogP contribution >= 0.6 is 7.92 Å². The van der Waals surface area contributed by atoms with Gasteiger partial charge in [0.05, 0.1) is 0 Å². The van der Waals surface area contributed by atoms with Crippen LogP contribution in [0, 0.1) is 17.8 Å². The minimum atomic E-state index is 0. The van der Waals surface area contributed by atoms with Crippen molar-refractivity contribution in [1.29, 1.82) is 0 Å². The van der Waals surface area contributed by atoms with Gasteiger partial charge in [-0.2, -0.15) is 0 Å². The summed E-state index contributed by atoms with van der Waals surface area (Å²) in [6.07, 6.45) is 4.43. The van der Waals surface area contributed by atoms with Gasteiger partial charge in [-0.3, -0.25) is 0 Å². The quantitative estimate of drug-likeness (QED) is 0.503. The van der Waals surface area contributed by atoms with Crippen LogP contribution in [0.15, 0.2) is 0 Å². The third-order valence-corrected chi connectivity index (χ3v) is 5.61. The molecule has 0 amide bonds. The van der Waals surface area contributed by atoms with Crippen molar-refractivity contribution in [2.45, 2.75) is 41.5 Å². The van der Waals surface area contributed by atoms with Crippen LogP contribution in [-0.4, -0.2) is 18.5 Å². The van der Waals surface area contributed by atoms with Gasteiger partial charge in [0.1, 0.15) is 0 Å². The van der Waals surface area contributed by atoms with Gasteiger partial charge in [0.25, 0.3) is 0 Å². The van der Waals surface area contributed by atoms with Crippen LogP contribution < -0.4 is 0 Å². The summed E-state index contributed by atoms with van der Waals surface area (Å²) in [6, 6.07) is 0. The maximum absolute atomic E-state index is 2.36.